The van der Waals surface area contributed by atoms with Gasteiger partial charge in [0.2, 0.25) is 0 Å². The van der Waals surface area contributed by atoms with Crippen molar-refractivity contribution in [3.05, 3.63) is 110 Å². The minimum absolute atomic E-state index is 1.26. The number of benzene rings is 3. The summed E-state index contributed by atoms with van der Waals surface area (Å²) < 4.78 is 0. The van der Waals surface area contributed by atoms with Crippen molar-refractivity contribution in [2.45, 2.75) is 6.92 Å². The fourth-order valence-electron chi connectivity index (χ4n) is 2.31. The molecule has 3 aromatic carbocycles. The highest BCUT2D eigenvalue weighted by Crippen LogP contribution is 2.25. The molecule has 0 aliphatic rings. The van der Waals surface area contributed by atoms with E-state index in [0.29, 0.717) is 0 Å². The van der Waals surface area contributed by atoms with E-state index >= 15 is 0 Å². The average molecular weight is 298 g/mol. The molecule has 0 aliphatic heterocycles. The predicted molar refractivity (Wildman–Crippen MR) is 102 cm³/mol. The number of allylic oxidation sites excluding steroid dienone is 2. The lowest BCUT2D eigenvalue weighted by Gasteiger charge is -2.05. The summed E-state index contributed by atoms with van der Waals surface area (Å²) >= 11 is 0. The van der Waals surface area contributed by atoms with Gasteiger partial charge in [-0.15, -0.1) is 0 Å². The van der Waals surface area contributed by atoms with E-state index < -0.39 is 0 Å². The Labute approximate surface area is 139 Å². The van der Waals surface area contributed by atoms with Crippen molar-refractivity contribution >= 4 is 0 Å². The van der Waals surface area contributed by atoms with Gasteiger partial charge in [0.15, 0.2) is 0 Å². The standard InChI is InChI=1S/C19H16.C4H6/c1-15-6-5-9-19(14-15)18-12-10-17(11-13-18)16-7-3-2-4-8-16;1-3-4-2/h2-14H,1H3;3-4H,1-2H2. The summed E-state index contributed by atoms with van der Waals surface area (Å²) in [7, 11) is 0. The van der Waals surface area contributed by atoms with Crippen LogP contribution in [0, 0.1) is 6.92 Å². The fraction of sp³-hybridized carbons (Fsp3) is 0.0435. The molecule has 0 N–H and O–H groups in total. The van der Waals surface area contributed by atoms with Gasteiger partial charge in [0.1, 0.15) is 0 Å². The van der Waals surface area contributed by atoms with Gasteiger partial charge < -0.3 is 0 Å². The highest BCUT2D eigenvalue weighted by molar-refractivity contribution is 5.70. The molecule has 0 saturated carbocycles. The highest BCUT2D eigenvalue weighted by Gasteiger charge is 1.99. The van der Waals surface area contributed by atoms with Crippen LogP contribution in [-0.4, -0.2) is 0 Å². The summed E-state index contributed by atoms with van der Waals surface area (Å²) in [4.78, 5) is 0. The van der Waals surface area contributed by atoms with Gasteiger partial charge in [0.05, 0.1) is 0 Å². The lowest BCUT2D eigenvalue weighted by Crippen LogP contribution is -1.81. The molecule has 3 rings (SSSR count). The van der Waals surface area contributed by atoms with Gasteiger partial charge in [-0.1, -0.05) is 110 Å². The topological polar surface area (TPSA) is 0 Å². The zero-order valence-corrected chi connectivity index (χ0v) is 13.6. The number of rotatable bonds is 3. The van der Waals surface area contributed by atoms with Gasteiger partial charge in [0, 0.05) is 0 Å². The molecule has 0 nitrogen and oxygen atoms in total. The van der Waals surface area contributed by atoms with Crippen molar-refractivity contribution in [2.24, 2.45) is 0 Å². The van der Waals surface area contributed by atoms with Crippen LogP contribution in [0.5, 0.6) is 0 Å². The molecule has 0 atom stereocenters. The summed E-state index contributed by atoms with van der Waals surface area (Å²) in [5.41, 5.74) is 6.36. The van der Waals surface area contributed by atoms with Crippen molar-refractivity contribution in [3.63, 3.8) is 0 Å². The highest BCUT2D eigenvalue weighted by atomic mass is 14.0. The second kappa shape index (κ2) is 8.55. The largest absolute Gasteiger partial charge is 0.0991 e. The molecule has 0 heteroatoms. The van der Waals surface area contributed by atoms with Crippen LogP contribution in [-0.2, 0) is 0 Å². The first-order chi connectivity index (χ1) is 11.2. The maximum atomic E-state index is 3.36. The van der Waals surface area contributed by atoms with Crippen LogP contribution in [0.4, 0.5) is 0 Å². The van der Waals surface area contributed by atoms with Crippen LogP contribution >= 0.6 is 0 Å². The maximum absolute atomic E-state index is 3.36. The molecule has 114 valence electrons. The quantitative estimate of drug-likeness (QED) is 0.473. The first kappa shape index (κ1) is 16.5. The van der Waals surface area contributed by atoms with E-state index in [0.717, 1.165) is 0 Å². The normalized spacial score (nSPS) is 9.43. The molecule has 0 radical (unpaired) electrons. The molecule has 0 fully saturated rings. The monoisotopic (exact) mass is 298 g/mol. The molecule has 0 saturated heterocycles. The van der Waals surface area contributed by atoms with E-state index in [2.05, 4.69) is 92.9 Å². The van der Waals surface area contributed by atoms with E-state index in [9.17, 15) is 0 Å². The third-order valence-electron chi connectivity index (χ3n) is 3.51. The summed E-state index contributed by atoms with van der Waals surface area (Å²) in [6.07, 6.45) is 3.28. The molecule has 0 heterocycles. The lowest BCUT2D eigenvalue weighted by molar-refractivity contribution is 1.47. The smallest absolute Gasteiger partial charge is 0.0181 e. The first-order valence-corrected chi connectivity index (χ1v) is 7.70. The third kappa shape index (κ3) is 4.82. The van der Waals surface area contributed by atoms with Crippen molar-refractivity contribution in [1.29, 1.82) is 0 Å². The fourth-order valence-corrected chi connectivity index (χ4v) is 2.31. The van der Waals surface area contributed by atoms with Crippen LogP contribution in [0.1, 0.15) is 5.56 Å². The van der Waals surface area contributed by atoms with E-state index in [-0.39, 0.29) is 0 Å². The van der Waals surface area contributed by atoms with Gasteiger partial charge in [0.25, 0.3) is 0 Å². The number of hydrogen-bond donors (Lipinski definition) is 0. The Balaban J connectivity index is 0.000000433. The van der Waals surface area contributed by atoms with E-state index in [1.807, 2.05) is 6.07 Å². The Morgan fingerprint density at radius 3 is 1.57 bits per heavy atom. The number of hydrogen-bond acceptors (Lipinski definition) is 0. The lowest BCUT2D eigenvalue weighted by atomic mass is 9.99. The molecular formula is C23H22. The third-order valence-corrected chi connectivity index (χ3v) is 3.51. The Bertz CT molecular complexity index is 744. The zero-order valence-electron chi connectivity index (χ0n) is 13.6. The van der Waals surface area contributed by atoms with Crippen LogP contribution in [0.3, 0.4) is 0 Å². The van der Waals surface area contributed by atoms with Crippen molar-refractivity contribution in [2.75, 3.05) is 0 Å². The first-order valence-electron chi connectivity index (χ1n) is 7.70. The van der Waals surface area contributed by atoms with Crippen molar-refractivity contribution in [3.8, 4) is 22.3 Å². The second-order valence-corrected chi connectivity index (χ2v) is 5.28. The Morgan fingerprint density at radius 2 is 1.04 bits per heavy atom. The number of aryl methyl sites for hydroxylation is 1. The van der Waals surface area contributed by atoms with Gasteiger partial charge in [-0.25, -0.2) is 0 Å². The molecule has 0 amide bonds. The summed E-state index contributed by atoms with van der Waals surface area (Å²) in [5.74, 6) is 0. The van der Waals surface area contributed by atoms with Crippen molar-refractivity contribution in [1.82, 2.24) is 0 Å². The predicted octanol–water partition coefficient (Wildman–Crippen LogP) is 6.69. The van der Waals surface area contributed by atoms with Gasteiger partial charge in [-0.2, -0.15) is 0 Å². The van der Waals surface area contributed by atoms with Gasteiger partial charge >= 0.3 is 0 Å². The van der Waals surface area contributed by atoms with Crippen LogP contribution < -0.4 is 0 Å². The molecule has 23 heavy (non-hydrogen) atoms. The van der Waals surface area contributed by atoms with Crippen LogP contribution in [0.2, 0.25) is 0 Å². The van der Waals surface area contributed by atoms with Crippen LogP contribution in [0.15, 0.2) is 104 Å². The minimum atomic E-state index is 1.26. The van der Waals surface area contributed by atoms with Gasteiger partial charge in [-0.05, 0) is 29.2 Å². The Kier molecular flexibility index (Phi) is 6.14. The average Bonchev–Trinajstić information content (AvgIpc) is 2.63. The molecule has 0 unspecified atom stereocenters. The molecule has 0 aromatic heterocycles. The summed E-state index contributed by atoms with van der Waals surface area (Å²) in [6, 6.07) is 27.8. The zero-order chi connectivity index (χ0) is 16.5. The van der Waals surface area contributed by atoms with Crippen LogP contribution in [0.25, 0.3) is 22.3 Å². The van der Waals surface area contributed by atoms with E-state index in [1.165, 1.54) is 27.8 Å². The van der Waals surface area contributed by atoms with E-state index in [1.54, 1.807) is 12.2 Å². The molecular weight excluding hydrogens is 276 g/mol. The maximum Gasteiger partial charge on any atom is -0.0181 e. The van der Waals surface area contributed by atoms with Gasteiger partial charge in [-0.3, -0.25) is 0 Å². The minimum Gasteiger partial charge on any atom is -0.0991 e. The summed E-state index contributed by atoms with van der Waals surface area (Å²) in [6.45, 7) is 8.85. The SMILES string of the molecule is C=CC=C.Cc1cccc(-c2ccc(-c3ccccc3)cc2)c1. The Morgan fingerprint density at radius 1 is 0.565 bits per heavy atom. The Hall–Kier alpha value is -2.86. The molecule has 0 spiro atoms. The molecule has 0 aliphatic carbocycles. The molecule has 3 aromatic rings. The van der Waals surface area contributed by atoms with Crippen molar-refractivity contribution < 1.29 is 0 Å². The van der Waals surface area contributed by atoms with E-state index in [4.69, 9.17) is 0 Å². The second-order valence-electron chi connectivity index (χ2n) is 5.28. The summed E-state index contributed by atoms with van der Waals surface area (Å²) in [5, 5.41) is 0. The molecule has 0 bridgehead atoms.